The summed E-state index contributed by atoms with van der Waals surface area (Å²) in [5.74, 6) is -0.0607. The van der Waals surface area contributed by atoms with Crippen molar-refractivity contribution in [1.29, 1.82) is 0 Å². The van der Waals surface area contributed by atoms with Crippen molar-refractivity contribution in [2.45, 2.75) is 19.4 Å². The fourth-order valence-electron chi connectivity index (χ4n) is 1.83. The first-order valence-electron chi connectivity index (χ1n) is 5.89. The molecule has 6 heteroatoms. The summed E-state index contributed by atoms with van der Waals surface area (Å²) >= 11 is 1.66. The first-order valence-corrected chi connectivity index (χ1v) is 6.83. The Bertz CT molecular complexity index is 568. The molecule has 5 nitrogen and oxygen atoms in total. The molecule has 2 aromatic rings. The Morgan fingerprint density at radius 3 is 3.00 bits per heavy atom. The van der Waals surface area contributed by atoms with Gasteiger partial charge in [-0.15, -0.1) is 0 Å². The fraction of sp³-hybridized carbons (Fsp3) is 0.231. The van der Waals surface area contributed by atoms with E-state index in [1.54, 1.807) is 11.3 Å². The van der Waals surface area contributed by atoms with E-state index >= 15 is 0 Å². The van der Waals surface area contributed by atoms with Gasteiger partial charge in [0.2, 0.25) is 0 Å². The Morgan fingerprint density at radius 1 is 1.58 bits per heavy atom. The maximum atomic E-state index is 11.4. The molecule has 0 bridgehead atoms. The Labute approximate surface area is 115 Å². The molecule has 2 heterocycles. The lowest BCUT2D eigenvalue weighted by Crippen LogP contribution is -2.22. The lowest BCUT2D eigenvalue weighted by atomic mass is 10.1. The van der Waals surface area contributed by atoms with Crippen LogP contribution in [0.25, 0.3) is 0 Å². The number of nitrogens with one attached hydrogen (secondary N) is 1. The second-order valence-corrected chi connectivity index (χ2v) is 5.19. The van der Waals surface area contributed by atoms with Crippen LogP contribution in [0.4, 0.5) is 11.5 Å². The predicted octanol–water partition coefficient (Wildman–Crippen LogP) is 1.87. The summed E-state index contributed by atoms with van der Waals surface area (Å²) in [5.41, 5.74) is 12.9. The molecule has 0 aromatic carbocycles. The van der Waals surface area contributed by atoms with Gasteiger partial charge in [0.15, 0.2) is 0 Å². The minimum atomic E-state index is -0.537. The number of pyridine rings is 1. The Hall–Kier alpha value is -2.08. The minimum absolute atomic E-state index is 0.142. The highest BCUT2D eigenvalue weighted by atomic mass is 32.1. The third-order valence-corrected chi connectivity index (χ3v) is 3.41. The standard InChI is InChI=1S/C13H16N4OS/c1-8(4-9-2-3-19-7-9)17-13-11(12(15)18)5-10(14)6-16-13/h2-3,5-8H,4,14H2,1H3,(H2,15,18)(H,16,17). The van der Waals surface area contributed by atoms with Crippen molar-refractivity contribution in [3.8, 4) is 0 Å². The summed E-state index contributed by atoms with van der Waals surface area (Å²) < 4.78 is 0. The van der Waals surface area contributed by atoms with Crippen LogP contribution in [0.3, 0.4) is 0 Å². The monoisotopic (exact) mass is 276 g/mol. The zero-order valence-electron chi connectivity index (χ0n) is 10.6. The van der Waals surface area contributed by atoms with Crippen molar-refractivity contribution < 1.29 is 4.79 Å². The van der Waals surface area contributed by atoms with E-state index in [2.05, 4.69) is 21.7 Å². The largest absolute Gasteiger partial charge is 0.397 e. The first-order chi connectivity index (χ1) is 9.06. The number of nitrogens with zero attached hydrogens (tertiary/aromatic N) is 1. The maximum Gasteiger partial charge on any atom is 0.252 e. The number of thiophene rings is 1. The van der Waals surface area contributed by atoms with E-state index in [1.807, 2.05) is 12.3 Å². The second-order valence-electron chi connectivity index (χ2n) is 4.41. The predicted molar refractivity (Wildman–Crippen MR) is 78.3 cm³/mol. The lowest BCUT2D eigenvalue weighted by molar-refractivity contribution is 0.100. The molecule has 5 N–H and O–H groups in total. The van der Waals surface area contributed by atoms with Crippen LogP contribution in [0, 0.1) is 0 Å². The van der Waals surface area contributed by atoms with Crippen LogP contribution < -0.4 is 16.8 Å². The summed E-state index contributed by atoms with van der Waals surface area (Å²) in [5, 5.41) is 7.34. The van der Waals surface area contributed by atoms with Crippen LogP contribution in [-0.4, -0.2) is 16.9 Å². The molecule has 0 saturated carbocycles. The molecule has 1 amide bonds. The number of aromatic nitrogens is 1. The van der Waals surface area contributed by atoms with Crippen LogP contribution in [0.15, 0.2) is 29.1 Å². The van der Waals surface area contributed by atoms with Crippen molar-refractivity contribution >= 4 is 28.7 Å². The molecule has 0 aliphatic heterocycles. The van der Waals surface area contributed by atoms with Gasteiger partial charge in [0.25, 0.3) is 5.91 Å². The molecule has 2 aromatic heterocycles. The molecule has 19 heavy (non-hydrogen) atoms. The van der Waals surface area contributed by atoms with Gasteiger partial charge in [-0.1, -0.05) is 0 Å². The van der Waals surface area contributed by atoms with Gasteiger partial charge < -0.3 is 16.8 Å². The fourth-order valence-corrected chi connectivity index (χ4v) is 2.51. The smallest absolute Gasteiger partial charge is 0.252 e. The summed E-state index contributed by atoms with van der Waals surface area (Å²) in [6.45, 7) is 2.03. The Morgan fingerprint density at radius 2 is 2.37 bits per heavy atom. The number of hydrogen-bond acceptors (Lipinski definition) is 5. The topological polar surface area (TPSA) is 94.0 Å². The number of carbonyl (C=O) groups excluding carboxylic acids is 1. The average molecular weight is 276 g/mol. The van der Waals surface area contributed by atoms with Gasteiger partial charge in [-0.2, -0.15) is 11.3 Å². The number of nitrogen functional groups attached to an aromatic ring is 1. The highest BCUT2D eigenvalue weighted by Crippen LogP contribution is 2.17. The van der Waals surface area contributed by atoms with E-state index in [0.29, 0.717) is 17.1 Å². The molecule has 100 valence electrons. The van der Waals surface area contributed by atoms with Crippen LogP contribution in [0.1, 0.15) is 22.8 Å². The van der Waals surface area contributed by atoms with Crippen LogP contribution in [0.2, 0.25) is 0 Å². The molecule has 1 atom stereocenters. The van der Waals surface area contributed by atoms with Gasteiger partial charge in [-0.05, 0) is 41.8 Å². The van der Waals surface area contributed by atoms with Crippen molar-refractivity contribution in [2.24, 2.45) is 5.73 Å². The van der Waals surface area contributed by atoms with Crippen molar-refractivity contribution in [3.05, 3.63) is 40.2 Å². The van der Waals surface area contributed by atoms with Crippen LogP contribution >= 0.6 is 11.3 Å². The third-order valence-electron chi connectivity index (χ3n) is 2.68. The molecule has 0 spiro atoms. The number of rotatable bonds is 5. The first kappa shape index (κ1) is 13.4. The van der Waals surface area contributed by atoms with Crippen molar-refractivity contribution in [1.82, 2.24) is 4.98 Å². The number of amides is 1. The molecule has 0 radical (unpaired) electrons. The van der Waals surface area contributed by atoms with Gasteiger partial charge in [0, 0.05) is 6.04 Å². The Balaban J connectivity index is 2.12. The summed E-state index contributed by atoms with van der Waals surface area (Å²) in [7, 11) is 0. The van der Waals surface area contributed by atoms with Gasteiger partial charge in [-0.3, -0.25) is 4.79 Å². The summed E-state index contributed by atoms with van der Waals surface area (Å²) in [6.07, 6.45) is 2.36. The van der Waals surface area contributed by atoms with E-state index in [9.17, 15) is 4.79 Å². The molecule has 0 aliphatic rings. The number of primary amides is 1. The normalized spacial score (nSPS) is 12.1. The number of carbonyl (C=O) groups is 1. The van der Waals surface area contributed by atoms with Crippen molar-refractivity contribution in [3.63, 3.8) is 0 Å². The van der Waals surface area contributed by atoms with E-state index in [0.717, 1.165) is 6.42 Å². The highest BCUT2D eigenvalue weighted by molar-refractivity contribution is 7.07. The van der Waals surface area contributed by atoms with E-state index in [-0.39, 0.29) is 6.04 Å². The van der Waals surface area contributed by atoms with Gasteiger partial charge in [0.05, 0.1) is 17.4 Å². The molecule has 1 unspecified atom stereocenters. The molecular weight excluding hydrogens is 260 g/mol. The second kappa shape index (κ2) is 5.71. The van der Waals surface area contributed by atoms with Gasteiger partial charge in [-0.25, -0.2) is 4.98 Å². The molecule has 0 fully saturated rings. The zero-order chi connectivity index (χ0) is 13.8. The van der Waals surface area contributed by atoms with Crippen LogP contribution in [0.5, 0.6) is 0 Å². The molecule has 0 aliphatic carbocycles. The number of anilines is 2. The van der Waals surface area contributed by atoms with Crippen LogP contribution in [-0.2, 0) is 6.42 Å². The molecule has 2 rings (SSSR count). The Kier molecular flexibility index (Phi) is 4.01. The zero-order valence-corrected chi connectivity index (χ0v) is 11.4. The van der Waals surface area contributed by atoms with E-state index < -0.39 is 5.91 Å². The highest BCUT2D eigenvalue weighted by Gasteiger charge is 2.13. The van der Waals surface area contributed by atoms with Gasteiger partial charge >= 0.3 is 0 Å². The van der Waals surface area contributed by atoms with Gasteiger partial charge in [0.1, 0.15) is 5.82 Å². The minimum Gasteiger partial charge on any atom is -0.397 e. The third kappa shape index (κ3) is 3.45. The van der Waals surface area contributed by atoms with E-state index in [4.69, 9.17) is 11.5 Å². The quantitative estimate of drug-likeness (QED) is 0.777. The number of nitrogens with two attached hydrogens (primary N) is 2. The summed E-state index contributed by atoms with van der Waals surface area (Å²) in [4.78, 5) is 15.5. The average Bonchev–Trinajstić information content (AvgIpc) is 2.83. The SMILES string of the molecule is CC(Cc1ccsc1)Nc1ncc(N)cc1C(N)=O. The number of hydrogen-bond donors (Lipinski definition) is 3. The van der Waals surface area contributed by atoms with Crippen molar-refractivity contribution in [2.75, 3.05) is 11.1 Å². The molecule has 0 saturated heterocycles. The lowest BCUT2D eigenvalue weighted by Gasteiger charge is -2.16. The summed E-state index contributed by atoms with van der Waals surface area (Å²) in [6, 6.07) is 3.76. The van der Waals surface area contributed by atoms with E-state index in [1.165, 1.54) is 17.8 Å². The molecular formula is C13H16N4OS. The maximum absolute atomic E-state index is 11.4.